The Morgan fingerprint density at radius 1 is 1.03 bits per heavy atom. The molecule has 4 rings (SSSR count). The number of carbonyl (C=O) groups is 1. The van der Waals surface area contributed by atoms with Gasteiger partial charge in [0.15, 0.2) is 0 Å². The first kappa shape index (κ1) is 19.6. The molecular weight excluding hydrogens is 404 g/mol. The summed E-state index contributed by atoms with van der Waals surface area (Å²) in [4.78, 5) is 33.1. The van der Waals surface area contributed by atoms with Crippen LogP contribution in [0.25, 0.3) is 10.9 Å². The Labute approximate surface area is 176 Å². The number of para-hydroxylation sites is 1. The lowest BCUT2D eigenvalue weighted by Gasteiger charge is -2.09. The summed E-state index contributed by atoms with van der Waals surface area (Å²) in [5.74, 6) is 0.769. The zero-order valence-electron chi connectivity index (χ0n) is 15.8. The normalized spacial score (nSPS) is 10.7. The third kappa shape index (κ3) is 4.64. The van der Waals surface area contributed by atoms with Crippen molar-refractivity contribution < 1.29 is 9.53 Å². The van der Waals surface area contributed by atoms with E-state index in [1.807, 2.05) is 6.07 Å². The number of carbonyl (C=O) groups excluding carboxylic acids is 1. The number of ether oxygens (including phenoxy) is 1. The lowest BCUT2D eigenvalue weighted by atomic mass is 10.2. The van der Waals surface area contributed by atoms with Crippen molar-refractivity contribution in [1.82, 2.24) is 14.5 Å². The molecule has 0 saturated heterocycles. The monoisotopic (exact) mass is 420 g/mol. The number of hydrogen-bond donors (Lipinski definition) is 1. The highest BCUT2D eigenvalue weighted by Gasteiger charge is 2.08. The Morgan fingerprint density at radius 2 is 1.83 bits per heavy atom. The highest BCUT2D eigenvalue weighted by Crippen LogP contribution is 2.22. The van der Waals surface area contributed by atoms with Crippen molar-refractivity contribution in [3.05, 3.63) is 88.6 Å². The molecule has 30 heavy (non-hydrogen) atoms. The van der Waals surface area contributed by atoms with Gasteiger partial charge in [0.25, 0.3) is 5.56 Å². The van der Waals surface area contributed by atoms with Crippen molar-refractivity contribution in [2.24, 2.45) is 0 Å². The molecule has 0 spiro atoms. The van der Waals surface area contributed by atoms with E-state index < -0.39 is 0 Å². The molecule has 8 heteroatoms. The van der Waals surface area contributed by atoms with Crippen LogP contribution in [0.4, 0.5) is 5.69 Å². The predicted octanol–water partition coefficient (Wildman–Crippen LogP) is 4.27. The number of hydrogen-bond acceptors (Lipinski definition) is 5. The summed E-state index contributed by atoms with van der Waals surface area (Å²) in [6, 6.07) is 17.4. The molecule has 150 valence electrons. The molecule has 0 aliphatic heterocycles. The van der Waals surface area contributed by atoms with Crippen LogP contribution in [0.3, 0.4) is 0 Å². The van der Waals surface area contributed by atoms with Gasteiger partial charge in [0.2, 0.25) is 11.8 Å². The van der Waals surface area contributed by atoms with E-state index >= 15 is 0 Å². The van der Waals surface area contributed by atoms with Gasteiger partial charge >= 0.3 is 0 Å². The molecule has 0 aliphatic rings. The van der Waals surface area contributed by atoms with Gasteiger partial charge in [-0.05, 0) is 42.5 Å². The molecule has 2 aromatic heterocycles. The molecule has 0 aliphatic carbocycles. The number of pyridine rings is 1. The molecule has 1 amide bonds. The second kappa shape index (κ2) is 8.75. The fourth-order valence-electron chi connectivity index (χ4n) is 2.85. The van der Waals surface area contributed by atoms with Crippen molar-refractivity contribution in [3.8, 4) is 11.6 Å². The van der Waals surface area contributed by atoms with E-state index in [2.05, 4.69) is 15.3 Å². The number of aryl methyl sites for hydroxylation is 1. The molecule has 0 bridgehead atoms. The summed E-state index contributed by atoms with van der Waals surface area (Å²) in [5, 5.41) is 3.91. The number of amides is 1. The maximum Gasteiger partial charge on any atom is 0.261 e. The molecular formula is C22H17ClN4O3. The van der Waals surface area contributed by atoms with E-state index in [1.165, 1.54) is 17.1 Å². The molecule has 4 aromatic rings. The van der Waals surface area contributed by atoms with Crippen molar-refractivity contribution in [3.63, 3.8) is 0 Å². The van der Waals surface area contributed by atoms with E-state index in [0.717, 1.165) is 0 Å². The highest BCUT2D eigenvalue weighted by atomic mass is 35.5. The quantitative estimate of drug-likeness (QED) is 0.503. The zero-order chi connectivity index (χ0) is 20.9. The van der Waals surface area contributed by atoms with E-state index in [4.69, 9.17) is 16.3 Å². The molecule has 0 unspecified atom stereocenters. The first-order valence-corrected chi connectivity index (χ1v) is 9.60. The second-order valence-corrected chi connectivity index (χ2v) is 6.94. The third-order valence-corrected chi connectivity index (χ3v) is 4.62. The molecule has 0 radical (unpaired) electrons. The lowest BCUT2D eigenvalue weighted by Crippen LogP contribution is -2.23. The first-order chi connectivity index (χ1) is 14.6. The van der Waals surface area contributed by atoms with Gasteiger partial charge in [-0.1, -0.05) is 23.7 Å². The molecule has 2 heterocycles. The van der Waals surface area contributed by atoms with E-state index in [-0.39, 0.29) is 24.4 Å². The molecule has 0 fully saturated rings. The highest BCUT2D eigenvalue weighted by molar-refractivity contribution is 6.30. The van der Waals surface area contributed by atoms with Crippen LogP contribution in [0, 0.1) is 0 Å². The van der Waals surface area contributed by atoms with E-state index in [1.54, 1.807) is 54.6 Å². The Balaban J connectivity index is 1.34. The average Bonchev–Trinajstić information content (AvgIpc) is 2.76. The van der Waals surface area contributed by atoms with Gasteiger partial charge in [-0.25, -0.2) is 9.97 Å². The minimum Gasteiger partial charge on any atom is -0.439 e. The third-order valence-electron chi connectivity index (χ3n) is 4.37. The fourth-order valence-corrected chi connectivity index (χ4v) is 2.97. The molecule has 0 saturated carbocycles. The van der Waals surface area contributed by atoms with Gasteiger partial charge in [0, 0.05) is 24.1 Å². The Morgan fingerprint density at radius 3 is 2.60 bits per heavy atom. The minimum absolute atomic E-state index is 0.128. The van der Waals surface area contributed by atoms with Crippen LogP contribution in [0.5, 0.6) is 11.6 Å². The topological polar surface area (TPSA) is 86.1 Å². The number of fused-ring (bicyclic) bond motifs is 1. The number of halogens is 1. The van der Waals surface area contributed by atoms with Crippen LogP contribution < -0.4 is 15.6 Å². The van der Waals surface area contributed by atoms with Crippen molar-refractivity contribution in [1.29, 1.82) is 0 Å². The summed E-state index contributed by atoms with van der Waals surface area (Å²) >= 11 is 5.85. The van der Waals surface area contributed by atoms with Gasteiger partial charge < -0.3 is 10.1 Å². The predicted molar refractivity (Wildman–Crippen MR) is 115 cm³/mol. The number of aromatic nitrogens is 3. The Bertz CT molecular complexity index is 1240. The number of nitrogens with one attached hydrogen (secondary N) is 1. The molecule has 7 nitrogen and oxygen atoms in total. The van der Waals surface area contributed by atoms with E-state index in [9.17, 15) is 9.59 Å². The van der Waals surface area contributed by atoms with Crippen LogP contribution in [0.1, 0.15) is 6.42 Å². The van der Waals surface area contributed by atoms with Gasteiger partial charge in [0.05, 0.1) is 29.1 Å². The number of nitrogens with zero attached hydrogens (tertiary/aromatic N) is 3. The average molecular weight is 421 g/mol. The smallest absolute Gasteiger partial charge is 0.261 e. The van der Waals surface area contributed by atoms with Crippen molar-refractivity contribution in [2.45, 2.75) is 13.0 Å². The second-order valence-electron chi connectivity index (χ2n) is 6.50. The van der Waals surface area contributed by atoms with Gasteiger partial charge in [-0.2, -0.15) is 0 Å². The maximum absolute atomic E-state index is 12.5. The summed E-state index contributed by atoms with van der Waals surface area (Å²) < 4.78 is 7.05. The van der Waals surface area contributed by atoms with Crippen LogP contribution in [-0.4, -0.2) is 20.4 Å². The summed E-state index contributed by atoms with van der Waals surface area (Å²) in [6.45, 7) is 0.230. The van der Waals surface area contributed by atoms with Crippen LogP contribution >= 0.6 is 11.6 Å². The maximum atomic E-state index is 12.5. The van der Waals surface area contributed by atoms with Crippen LogP contribution in [0.15, 0.2) is 78.0 Å². The Hall–Kier alpha value is -3.71. The van der Waals surface area contributed by atoms with Crippen LogP contribution in [0.2, 0.25) is 5.02 Å². The first-order valence-electron chi connectivity index (χ1n) is 9.22. The minimum atomic E-state index is -0.233. The molecule has 0 atom stereocenters. The van der Waals surface area contributed by atoms with Gasteiger partial charge in [-0.15, -0.1) is 0 Å². The summed E-state index contributed by atoms with van der Waals surface area (Å²) in [5.41, 5.74) is 1.00. The van der Waals surface area contributed by atoms with Crippen molar-refractivity contribution >= 4 is 34.1 Å². The molecule has 1 N–H and O–H groups in total. The van der Waals surface area contributed by atoms with Gasteiger partial charge in [-0.3, -0.25) is 14.2 Å². The number of anilines is 1. The summed E-state index contributed by atoms with van der Waals surface area (Å²) in [6.07, 6.45) is 3.10. The SMILES string of the molecule is O=C(CCn1cnc2ccccc2c1=O)Nc1ccc(Oc2ccc(Cl)cc2)nc1. The van der Waals surface area contributed by atoms with Crippen molar-refractivity contribution in [2.75, 3.05) is 5.32 Å². The zero-order valence-corrected chi connectivity index (χ0v) is 16.5. The number of rotatable bonds is 6. The summed E-state index contributed by atoms with van der Waals surface area (Å²) in [7, 11) is 0. The van der Waals surface area contributed by atoms with E-state index in [0.29, 0.717) is 33.2 Å². The fraction of sp³-hybridized carbons (Fsp3) is 0.0909. The van der Waals surface area contributed by atoms with Gasteiger partial charge in [0.1, 0.15) is 5.75 Å². The van der Waals surface area contributed by atoms with Crippen LogP contribution in [-0.2, 0) is 11.3 Å². The molecule has 2 aromatic carbocycles. The standard InChI is InChI=1S/C22H17ClN4O3/c23-15-5-8-17(9-6-15)30-21-10-7-16(13-24-21)26-20(28)11-12-27-14-25-19-4-2-1-3-18(19)22(27)29/h1-10,13-14H,11-12H2,(H,26,28). The Kier molecular flexibility index (Phi) is 5.72. The largest absolute Gasteiger partial charge is 0.439 e. The lowest BCUT2D eigenvalue weighted by molar-refractivity contribution is -0.116. The number of benzene rings is 2.